The van der Waals surface area contributed by atoms with Gasteiger partial charge in [0.05, 0.1) is 11.8 Å². The van der Waals surface area contributed by atoms with E-state index in [4.69, 9.17) is 0 Å². The molecule has 2 atom stereocenters. The number of carbonyl (C=O) groups excluding carboxylic acids is 2. The van der Waals surface area contributed by atoms with E-state index in [0.29, 0.717) is 5.56 Å². The topological polar surface area (TPSA) is 78.4 Å². The molecular weight excluding hydrogens is 330 g/mol. The zero-order valence-corrected chi connectivity index (χ0v) is 13.5. The average Bonchev–Trinajstić information content (AvgIpc) is 2.58. The fraction of sp³-hybridized carbons (Fsp3) is 0.222. The predicted molar refractivity (Wildman–Crippen MR) is 88.6 cm³/mol. The van der Waals surface area contributed by atoms with Crippen molar-refractivity contribution in [1.29, 1.82) is 0 Å². The summed E-state index contributed by atoms with van der Waals surface area (Å²) in [6.45, 7) is 1.63. The molecule has 2 rings (SSSR count). The van der Waals surface area contributed by atoms with Crippen molar-refractivity contribution >= 4 is 17.5 Å². The van der Waals surface area contributed by atoms with E-state index in [1.54, 1.807) is 31.2 Å². The van der Waals surface area contributed by atoms with E-state index in [0.717, 1.165) is 18.2 Å². The Hall–Kier alpha value is -2.80. The minimum Gasteiger partial charge on any atom is -0.388 e. The van der Waals surface area contributed by atoms with Gasteiger partial charge in [-0.15, -0.1) is 0 Å². The van der Waals surface area contributed by atoms with Gasteiger partial charge in [-0.2, -0.15) is 0 Å². The summed E-state index contributed by atoms with van der Waals surface area (Å²) in [5.41, 5.74) is 0.270. The van der Waals surface area contributed by atoms with E-state index in [1.165, 1.54) is 0 Å². The highest BCUT2D eigenvalue weighted by molar-refractivity contribution is 6.39. The Morgan fingerprint density at radius 1 is 1.08 bits per heavy atom. The fourth-order valence-electron chi connectivity index (χ4n) is 2.27. The number of aliphatic hydroxyl groups excluding tert-OH is 1. The molecular formula is C18H18F2N2O3. The van der Waals surface area contributed by atoms with Crippen LogP contribution in [0.1, 0.15) is 25.0 Å². The SMILES string of the molecule is CC(CC(O)c1ccccc1)NC(=O)C(=O)Nc1cc(F)ccc1F. The second-order valence-corrected chi connectivity index (χ2v) is 5.61. The molecule has 2 amide bonds. The Morgan fingerprint density at radius 3 is 2.44 bits per heavy atom. The first-order chi connectivity index (χ1) is 11.9. The molecule has 0 radical (unpaired) electrons. The molecule has 0 fully saturated rings. The van der Waals surface area contributed by atoms with Crippen LogP contribution < -0.4 is 10.6 Å². The third kappa shape index (κ3) is 5.36. The van der Waals surface area contributed by atoms with Crippen LogP contribution in [0.5, 0.6) is 0 Å². The first-order valence-electron chi connectivity index (χ1n) is 7.66. The van der Waals surface area contributed by atoms with Crippen molar-refractivity contribution in [2.45, 2.75) is 25.5 Å². The molecule has 2 unspecified atom stereocenters. The maximum Gasteiger partial charge on any atom is 0.313 e. The number of amides is 2. The highest BCUT2D eigenvalue weighted by atomic mass is 19.1. The van der Waals surface area contributed by atoms with E-state index >= 15 is 0 Å². The van der Waals surface area contributed by atoms with Crippen LogP contribution in [0.3, 0.4) is 0 Å². The Morgan fingerprint density at radius 2 is 1.76 bits per heavy atom. The van der Waals surface area contributed by atoms with Crippen LogP contribution in [0, 0.1) is 11.6 Å². The van der Waals surface area contributed by atoms with Crippen LogP contribution in [-0.4, -0.2) is 23.0 Å². The highest BCUT2D eigenvalue weighted by Gasteiger charge is 2.20. The maximum atomic E-state index is 13.5. The van der Waals surface area contributed by atoms with Crippen molar-refractivity contribution in [3.63, 3.8) is 0 Å². The number of hydrogen-bond acceptors (Lipinski definition) is 3. The first-order valence-corrected chi connectivity index (χ1v) is 7.66. The molecule has 132 valence electrons. The quantitative estimate of drug-likeness (QED) is 0.727. The number of halogens is 2. The predicted octanol–water partition coefficient (Wildman–Crippen LogP) is 2.53. The van der Waals surface area contributed by atoms with Crippen molar-refractivity contribution in [1.82, 2.24) is 5.32 Å². The van der Waals surface area contributed by atoms with Gasteiger partial charge in [-0.05, 0) is 31.0 Å². The Labute approximate surface area is 143 Å². The summed E-state index contributed by atoms with van der Waals surface area (Å²) >= 11 is 0. The summed E-state index contributed by atoms with van der Waals surface area (Å²) in [5.74, 6) is -3.71. The highest BCUT2D eigenvalue weighted by Crippen LogP contribution is 2.18. The van der Waals surface area contributed by atoms with Crippen LogP contribution in [0.2, 0.25) is 0 Å². The molecule has 2 aromatic carbocycles. The number of aliphatic hydroxyl groups is 1. The van der Waals surface area contributed by atoms with E-state index in [2.05, 4.69) is 5.32 Å². The van der Waals surface area contributed by atoms with Gasteiger partial charge >= 0.3 is 11.8 Å². The van der Waals surface area contributed by atoms with Gasteiger partial charge in [0.1, 0.15) is 11.6 Å². The molecule has 0 aliphatic carbocycles. The molecule has 0 bridgehead atoms. The van der Waals surface area contributed by atoms with Gasteiger partial charge in [0.15, 0.2) is 0 Å². The zero-order chi connectivity index (χ0) is 18.4. The number of hydrogen-bond donors (Lipinski definition) is 3. The van der Waals surface area contributed by atoms with Gasteiger partial charge in [0.25, 0.3) is 0 Å². The lowest BCUT2D eigenvalue weighted by atomic mass is 10.0. The van der Waals surface area contributed by atoms with Crippen molar-refractivity contribution in [2.75, 3.05) is 5.32 Å². The van der Waals surface area contributed by atoms with E-state index in [9.17, 15) is 23.5 Å². The third-order valence-electron chi connectivity index (χ3n) is 3.52. The summed E-state index contributed by atoms with van der Waals surface area (Å²) in [6.07, 6.45) is -0.614. The summed E-state index contributed by atoms with van der Waals surface area (Å²) in [7, 11) is 0. The fourth-order valence-corrected chi connectivity index (χ4v) is 2.27. The number of benzene rings is 2. The lowest BCUT2D eigenvalue weighted by Gasteiger charge is -2.18. The van der Waals surface area contributed by atoms with Crippen molar-refractivity contribution in [2.24, 2.45) is 0 Å². The Bertz CT molecular complexity index is 753. The molecule has 0 spiro atoms. The molecule has 0 aromatic heterocycles. The molecule has 0 heterocycles. The Kier molecular flexibility index (Phi) is 6.19. The lowest BCUT2D eigenvalue weighted by molar-refractivity contribution is -0.136. The molecule has 5 nitrogen and oxygen atoms in total. The van der Waals surface area contributed by atoms with Gasteiger partial charge in [-0.3, -0.25) is 9.59 Å². The van der Waals surface area contributed by atoms with Crippen molar-refractivity contribution < 1.29 is 23.5 Å². The molecule has 0 saturated heterocycles. The smallest absolute Gasteiger partial charge is 0.313 e. The van der Waals surface area contributed by atoms with Gasteiger partial charge in [0, 0.05) is 12.1 Å². The second-order valence-electron chi connectivity index (χ2n) is 5.61. The minimum atomic E-state index is -1.12. The van der Waals surface area contributed by atoms with Crippen LogP contribution >= 0.6 is 0 Å². The monoisotopic (exact) mass is 348 g/mol. The number of rotatable bonds is 5. The summed E-state index contributed by atoms with van der Waals surface area (Å²) in [4.78, 5) is 23.6. The minimum absolute atomic E-state index is 0.192. The van der Waals surface area contributed by atoms with Crippen LogP contribution in [0.15, 0.2) is 48.5 Å². The van der Waals surface area contributed by atoms with E-state index < -0.39 is 41.3 Å². The molecule has 0 aliphatic rings. The largest absolute Gasteiger partial charge is 0.388 e. The zero-order valence-electron chi connectivity index (χ0n) is 13.5. The van der Waals surface area contributed by atoms with Gasteiger partial charge in [-0.25, -0.2) is 8.78 Å². The van der Waals surface area contributed by atoms with Crippen LogP contribution in [-0.2, 0) is 9.59 Å². The molecule has 7 heteroatoms. The first kappa shape index (κ1) is 18.5. The maximum absolute atomic E-state index is 13.5. The molecule has 25 heavy (non-hydrogen) atoms. The number of carbonyl (C=O) groups is 2. The Balaban J connectivity index is 1.90. The number of nitrogens with one attached hydrogen (secondary N) is 2. The van der Waals surface area contributed by atoms with Crippen molar-refractivity contribution in [3.05, 3.63) is 65.7 Å². The summed E-state index contributed by atoms with van der Waals surface area (Å²) in [5, 5.41) is 14.5. The molecule has 3 N–H and O–H groups in total. The van der Waals surface area contributed by atoms with Crippen LogP contribution in [0.25, 0.3) is 0 Å². The van der Waals surface area contributed by atoms with Crippen LogP contribution in [0.4, 0.5) is 14.5 Å². The third-order valence-corrected chi connectivity index (χ3v) is 3.52. The molecule has 0 saturated carbocycles. The standard InChI is InChI=1S/C18H18F2N2O3/c1-11(9-16(23)12-5-3-2-4-6-12)21-17(24)18(25)22-15-10-13(19)7-8-14(15)20/h2-8,10-11,16,23H,9H2,1H3,(H,21,24)(H,22,25). The summed E-state index contributed by atoms with van der Waals surface area (Å²) in [6, 6.07) is 10.9. The van der Waals surface area contributed by atoms with Gasteiger partial charge in [-0.1, -0.05) is 30.3 Å². The van der Waals surface area contributed by atoms with Gasteiger partial charge < -0.3 is 15.7 Å². The average molecular weight is 348 g/mol. The number of anilines is 1. The molecule has 0 aliphatic heterocycles. The van der Waals surface area contributed by atoms with Crippen molar-refractivity contribution in [3.8, 4) is 0 Å². The van der Waals surface area contributed by atoms with E-state index in [-0.39, 0.29) is 6.42 Å². The second kappa shape index (κ2) is 8.34. The normalized spacial score (nSPS) is 13.0. The lowest BCUT2D eigenvalue weighted by Crippen LogP contribution is -2.41. The van der Waals surface area contributed by atoms with E-state index in [1.807, 2.05) is 11.4 Å². The molecule has 2 aromatic rings. The summed E-state index contributed by atoms with van der Waals surface area (Å²) < 4.78 is 26.5. The van der Waals surface area contributed by atoms with Gasteiger partial charge in [0.2, 0.25) is 0 Å².